The van der Waals surface area contributed by atoms with E-state index in [4.69, 9.17) is 9.47 Å². The molecular formula is C31H31N9O5. The van der Waals surface area contributed by atoms with E-state index in [-0.39, 0.29) is 23.6 Å². The van der Waals surface area contributed by atoms with E-state index in [0.29, 0.717) is 47.3 Å². The molecule has 230 valence electrons. The molecule has 45 heavy (non-hydrogen) atoms. The van der Waals surface area contributed by atoms with E-state index < -0.39 is 12.1 Å². The van der Waals surface area contributed by atoms with Crippen LogP contribution in [-0.4, -0.2) is 70.5 Å². The van der Waals surface area contributed by atoms with Crippen LogP contribution in [0.4, 0.5) is 22.7 Å². The maximum absolute atomic E-state index is 13.1. The minimum Gasteiger partial charge on any atom is -0.508 e. The molecule has 4 heterocycles. The molecular weight excluding hydrogens is 578 g/mol. The number of amides is 2. The number of aromatic nitrogens is 2. The fourth-order valence-corrected chi connectivity index (χ4v) is 5.12. The Balaban J connectivity index is 1.25. The van der Waals surface area contributed by atoms with Crippen molar-refractivity contribution in [3.63, 3.8) is 0 Å². The molecule has 2 amide bonds. The summed E-state index contributed by atoms with van der Waals surface area (Å²) in [5.41, 5.74) is 3.57. The highest BCUT2D eigenvalue weighted by Crippen LogP contribution is 2.41. The molecule has 0 aliphatic carbocycles. The minimum absolute atomic E-state index is 0.0677. The number of nitriles is 1. The van der Waals surface area contributed by atoms with Gasteiger partial charge in [0.1, 0.15) is 30.1 Å². The average molecular weight is 610 g/mol. The zero-order valence-corrected chi connectivity index (χ0v) is 24.2. The van der Waals surface area contributed by atoms with Gasteiger partial charge in [0.2, 0.25) is 11.7 Å². The normalized spacial score (nSPS) is 18.8. The lowest BCUT2D eigenvalue weighted by Crippen LogP contribution is -2.31. The van der Waals surface area contributed by atoms with E-state index in [1.165, 1.54) is 35.8 Å². The summed E-state index contributed by atoms with van der Waals surface area (Å²) in [6.45, 7) is 2.70. The zero-order chi connectivity index (χ0) is 31.2. The van der Waals surface area contributed by atoms with Crippen LogP contribution < -0.4 is 26.0 Å². The van der Waals surface area contributed by atoms with Crippen LogP contribution in [0.25, 0.3) is 0 Å². The molecule has 3 aliphatic heterocycles. The Kier molecular flexibility index (Phi) is 8.81. The number of fused-ring (bicyclic) bond motifs is 1. The smallest absolute Gasteiger partial charge is 0.293 e. The largest absolute Gasteiger partial charge is 0.508 e. The van der Waals surface area contributed by atoms with Gasteiger partial charge in [-0.15, -0.1) is 0 Å². The average Bonchev–Trinajstić information content (AvgIpc) is 3.57. The number of piperidine rings is 1. The van der Waals surface area contributed by atoms with E-state index in [9.17, 15) is 20.0 Å². The Labute approximate surface area is 258 Å². The summed E-state index contributed by atoms with van der Waals surface area (Å²) in [7, 11) is 0. The second-order valence-corrected chi connectivity index (χ2v) is 10.6. The van der Waals surface area contributed by atoms with Crippen LogP contribution >= 0.6 is 0 Å². The van der Waals surface area contributed by atoms with Gasteiger partial charge < -0.3 is 35.8 Å². The number of phenols is 1. The highest BCUT2D eigenvalue weighted by atomic mass is 16.5. The number of nitrogens with zero attached hydrogens (tertiary/aromatic N) is 5. The van der Waals surface area contributed by atoms with Gasteiger partial charge in [0.15, 0.2) is 6.19 Å². The summed E-state index contributed by atoms with van der Waals surface area (Å²) in [5.74, 6) is -0.329. The molecule has 14 heteroatoms. The summed E-state index contributed by atoms with van der Waals surface area (Å²) in [4.78, 5) is 39.9. The van der Waals surface area contributed by atoms with Crippen LogP contribution in [0.15, 0.2) is 65.4 Å². The molecule has 6 rings (SSSR count). The van der Waals surface area contributed by atoms with Crippen molar-refractivity contribution >= 4 is 40.9 Å². The minimum atomic E-state index is -0.731. The first-order valence-electron chi connectivity index (χ1n) is 14.5. The van der Waals surface area contributed by atoms with E-state index in [2.05, 4.69) is 42.4 Å². The third kappa shape index (κ3) is 7.18. The van der Waals surface area contributed by atoms with Crippen molar-refractivity contribution in [3.8, 4) is 17.7 Å². The van der Waals surface area contributed by atoms with Crippen molar-refractivity contribution in [1.82, 2.24) is 20.2 Å². The molecule has 5 N–H and O–H groups in total. The maximum Gasteiger partial charge on any atom is 0.293 e. The second-order valence-electron chi connectivity index (χ2n) is 10.6. The first-order chi connectivity index (χ1) is 21.9. The molecule has 2 saturated heterocycles. The third-order valence-electron chi connectivity index (χ3n) is 7.44. The summed E-state index contributed by atoms with van der Waals surface area (Å²) < 4.78 is 11.7. The second kappa shape index (κ2) is 13.4. The summed E-state index contributed by atoms with van der Waals surface area (Å²) >= 11 is 0. The zero-order valence-electron chi connectivity index (χ0n) is 24.2. The first-order valence-corrected chi connectivity index (χ1v) is 14.5. The van der Waals surface area contributed by atoms with Crippen LogP contribution in [0, 0.1) is 11.5 Å². The van der Waals surface area contributed by atoms with Crippen molar-refractivity contribution in [2.45, 2.75) is 31.5 Å². The number of nitrogens with one attached hydrogen (secondary N) is 4. The van der Waals surface area contributed by atoms with Crippen LogP contribution in [0.2, 0.25) is 0 Å². The van der Waals surface area contributed by atoms with Gasteiger partial charge in [0.05, 0.1) is 42.7 Å². The molecule has 2 fully saturated rings. The van der Waals surface area contributed by atoms with Crippen LogP contribution in [-0.2, 0) is 9.53 Å². The van der Waals surface area contributed by atoms with Gasteiger partial charge in [-0.25, -0.2) is 19.9 Å². The number of carbonyl (C=O) groups excluding carboxylic acids is 2. The van der Waals surface area contributed by atoms with Gasteiger partial charge in [-0.05, 0) is 56.3 Å². The number of benzene rings is 2. The van der Waals surface area contributed by atoms with E-state index >= 15 is 0 Å². The predicted molar refractivity (Wildman–Crippen MR) is 165 cm³/mol. The van der Waals surface area contributed by atoms with Gasteiger partial charge >= 0.3 is 0 Å². The molecule has 0 radical (unpaired) electrons. The molecule has 0 spiro atoms. The van der Waals surface area contributed by atoms with Crippen molar-refractivity contribution in [2.75, 3.05) is 42.3 Å². The number of rotatable bonds is 8. The molecule has 3 aromatic rings. The lowest BCUT2D eigenvalue weighted by molar-refractivity contribution is -0.112. The fraction of sp³-hybridized carbons (Fsp3) is 0.290. The standard InChI is InChI=1S/C31H31N9O5/c32-17-40-18-36-25-13-27(45-23-7-10-44-16-23)26(39-28(42)11-19-5-8-33-9-6-19)12-24(25)30(40)37-21-14-34-29(35-15-21)31(43)38-20-1-3-22(41)4-2-20/h1-4,11-15,18,23,30,33,37,41H,5-10,16H2,(H,38,43)(H,39,42). The number of aliphatic imine (C=N–C) groups is 1. The van der Waals surface area contributed by atoms with Crippen molar-refractivity contribution in [3.05, 3.63) is 71.8 Å². The third-order valence-corrected chi connectivity index (χ3v) is 7.44. The van der Waals surface area contributed by atoms with Crippen LogP contribution in [0.1, 0.15) is 41.6 Å². The highest BCUT2D eigenvalue weighted by molar-refractivity contribution is 6.02. The molecule has 14 nitrogen and oxygen atoms in total. The van der Waals surface area contributed by atoms with Crippen molar-refractivity contribution in [2.24, 2.45) is 4.99 Å². The maximum atomic E-state index is 13.1. The molecule has 2 aromatic carbocycles. The Morgan fingerprint density at radius 2 is 1.89 bits per heavy atom. The van der Waals surface area contributed by atoms with Crippen molar-refractivity contribution in [1.29, 1.82) is 5.26 Å². The van der Waals surface area contributed by atoms with Gasteiger partial charge in [0, 0.05) is 29.8 Å². The van der Waals surface area contributed by atoms with Gasteiger partial charge in [-0.3, -0.25) is 9.59 Å². The molecule has 2 unspecified atom stereocenters. The topological polar surface area (TPSA) is 186 Å². The van der Waals surface area contributed by atoms with Crippen LogP contribution in [0.5, 0.6) is 11.5 Å². The number of hydrogen-bond acceptors (Lipinski definition) is 12. The quantitative estimate of drug-likeness (QED) is 0.143. The first kappa shape index (κ1) is 29.5. The number of ether oxygens (including phenoxy) is 2. The molecule has 0 bridgehead atoms. The monoisotopic (exact) mass is 609 g/mol. The molecule has 2 atom stereocenters. The van der Waals surface area contributed by atoms with Gasteiger partial charge in [-0.1, -0.05) is 5.57 Å². The molecule has 0 saturated carbocycles. The number of aromatic hydroxyl groups is 1. The summed E-state index contributed by atoms with van der Waals surface area (Å²) in [5, 5.41) is 31.5. The van der Waals surface area contributed by atoms with E-state index in [1.807, 2.05) is 0 Å². The number of phenolic OH excluding ortho intramolecular Hbond substituents is 1. The lowest BCUT2D eigenvalue weighted by atomic mass is 10.0. The number of hydrogen-bond donors (Lipinski definition) is 5. The Morgan fingerprint density at radius 1 is 1.11 bits per heavy atom. The van der Waals surface area contributed by atoms with Crippen LogP contribution in [0.3, 0.4) is 0 Å². The SMILES string of the molecule is N#CN1C=Nc2cc(OC3CCOC3)c(NC(=O)C=C3CCNCC3)cc2C1Nc1cnc(C(=O)Nc2ccc(O)cc2)nc1. The highest BCUT2D eigenvalue weighted by Gasteiger charge is 2.29. The summed E-state index contributed by atoms with van der Waals surface area (Å²) in [6, 6.07) is 9.51. The van der Waals surface area contributed by atoms with Gasteiger partial charge in [-0.2, -0.15) is 5.26 Å². The van der Waals surface area contributed by atoms with E-state index in [0.717, 1.165) is 37.9 Å². The number of carbonyl (C=O) groups is 2. The van der Waals surface area contributed by atoms with Gasteiger partial charge in [0.25, 0.3) is 5.91 Å². The van der Waals surface area contributed by atoms with E-state index in [1.54, 1.807) is 30.3 Å². The Bertz CT molecular complexity index is 1650. The fourth-order valence-electron chi connectivity index (χ4n) is 5.12. The Hall–Kier alpha value is -5.52. The Morgan fingerprint density at radius 3 is 2.60 bits per heavy atom. The number of anilines is 3. The molecule has 3 aliphatic rings. The lowest BCUT2D eigenvalue weighted by Gasteiger charge is -2.30. The summed E-state index contributed by atoms with van der Waals surface area (Å²) in [6.07, 6.45) is 9.45. The van der Waals surface area contributed by atoms with Crippen molar-refractivity contribution < 1.29 is 24.2 Å². The molecule has 1 aromatic heterocycles. The predicted octanol–water partition coefficient (Wildman–Crippen LogP) is 3.42.